The van der Waals surface area contributed by atoms with Gasteiger partial charge < -0.3 is 15.8 Å². The summed E-state index contributed by atoms with van der Waals surface area (Å²) in [6.45, 7) is 0.162. The number of halogens is 2. The van der Waals surface area contributed by atoms with Gasteiger partial charge in [-0.2, -0.15) is 0 Å². The van der Waals surface area contributed by atoms with E-state index in [4.69, 9.17) is 10.5 Å². The number of aromatic nitrogens is 1. The topological polar surface area (TPSA) is 77.2 Å². The number of rotatable bonds is 7. The molecule has 1 heterocycles. The molecule has 25 heavy (non-hydrogen) atoms. The van der Waals surface area contributed by atoms with Crippen molar-refractivity contribution in [3.63, 3.8) is 0 Å². The molecule has 3 rings (SSSR count). The van der Waals surface area contributed by atoms with Gasteiger partial charge in [-0.15, -0.1) is 23.7 Å². The minimum atomic E-state index is -0.719. The quantitative estimate of drug-likeness (QED) is 0.767. The number of nitrogens with two attached hydrogens (primary N) is 1. The Morgan fingerprint density at radius 1 is 1.44 bits per heavy atom. The second-order valence-electron chi connectivity index (χ2n) is 5.96. The van der Waals surface area contributed by atoms with E-state index in [2.05, 4.69) is 10.3 Å². The molecule has 8 heteroatoms. The number of anilines is 1. The Bertz CT molecular complexity index is 719. The van der Waals surface area contributed by atoms with Gasteiger partial charge in [0.2, 0.25) is 5.91 Å². The normalized spacial score (nSPS) is 14.7. The summed E-state index contributed by atoms with van der Waals surface area (Å²) in [5.74, 6) is -0.0816. The van der Waals surface area contributed by atoms with Crippen LogP contribution in [0.4, 0.5) is 9.52 Å². The molecule has 1 fully saturated rings. The standard InChI is InChI=1S/C17H20FN3O2S.ClH/c1-23-9-13(19)16(22)21-17-20-15(11-4-5-11)14(24-17)8-10-2-6-12(18)7-3-10;/h2-3,6-7,11,13H,4-5,8-9,19H2,1H3,(H,20,21,22);1H. The second kappa shape index (κ2) is 8.71. The Balaban J connectivity index is 0.00000225. The molecular formula is C17H21ClFN3O2S. The Morgan fingerprint density at radius 3 is 2.72 bits per heavy atom. The van der Waals surface area contributed by atoms with Gasteiger partial charge in [-0.3, -0.25) is 4.79 Å². The van der Waals surface area contributed by atoms with Crippen molar-refractivity contribution < 1.29 is 13.9 Å². The summed E-state index contributed by atoms with van der Waals surface area (Å²) >= 11 is 1.46. The van der Waals surface area contributed by atoms with Crippen molar-refractivity contribution in [3.8, 4) is 0 Å². The Kier molecular flexibility index (Phi) is 6.89. The lowest BCUT2D eigenvalue weighted by molar-refractivity contribution is -0.118. The van der Waals surface area contributed by atoms with Crippen LogP contribution in [0.15, 0.2) is 24.3 Å². The summed E-state index contributed by atoms with van der Waals surface area (Å²) in [5.41, 5.74) is 7.80. The van der Waals surface area contributed by atoms with Crippen molar-refractivity contribution >= 4 is 34.8 Å². The molecule has 1 aromatic heterocycles. The zero-order valence-electron chi connectivity index (χ0n) is 13.8. The number of methoxy groups -OCH3 is 1. The third-order valence-electron chi connectivity index (χ3n) is 3.88. The van der Waals surface area contributed by atoms with Crippen molar-refractivity contribution in [2.75, 3.05) is 19.0 Å². The highest BCUT2D eigenvalue weighted by molar-refractivity contribution is 7.15. The average molecular weight is 386 g/mol. The summed E-state index contributed by atoms with van der Waals surface area (Å²) in [5, 5.41) is 3.33. The molecule has 1 atom stereocenters. The monoisotopic (exact) mass is 385 g/mol. The van der Waals surface area contributed by atoms with Gasteiger partial charge in [0.05, 0.1) is 12.3 Å². The van der Waals surface area contributed by atoms with Crippen molar-refractivity contribution in [2.45, 2.75) is 31.2 Å². The van der Waals surface area contributed by atoms with Crippen LogP contribution < -0.4 is 11.1 Å². The maximum atomic E-state index is 13.0. The number of hydrogen-bond donors (Lipinski definition) is 2. The van der Waals surface area contributed by atoms with Crippen LogP contribution in [0.25, 0.3) is 0 Å². The van der Waals surface area contributed by atoms with Crippen molar-refractivity contribution in [2.24, 2.45) is 5.73 Å². The van der Waals surface area contributed by atoms with Crippen LogP contribution in [0.3, 0.4) is 0 Å². The van der Waals surface area contributed by atoms with Crippen molar-refractivity contribution in [1.82, 2.24) is 4.98 Å². The van der Waals surface area contributed by atoms with Crippen LogP contribution in [0.5, 0.6) is 0 Å². The number of ether oxygens (including phenoxy) is 1. The molecule has 2 aromatic rings. The largest absolute Gasteiger partial charge is 0.383 e. The first-order valence-electron chi connectivity index (χ1n) is 7.86. The van der Waals surface area contributed by atoms with Crippen LogP contribution in [0, 0.1) is 5.82 Å². The number of benzene rings is 1. The predicted molar refractivity (Wildman–Crippen MR) is 99.0 cm³/mol. The summed E-state index contributed by atoms with van der Waals surface area (Å²) in [4.78, 5) is 17.7. The van der Waals surface area contributed by atoms with Gasteiger partial charge in [0.25, 0.3) is 0 Å². The molecule has 0 radical (unpaired) electrons. The number of nitrogens with one attached hydrogen (secondary N) is 1. The Labute approximate surface area is 156 Å². The summed E-state index contributed by atoms with van der Waals surface area (Å²) in [6.07, 6.45) is 2.93. The number of carbonyl (C=O) groups excluding carboxylic acids is 1. The lowest BCUT2D eigenvalue weighted by atomic mass is 10.1. The molecule has 1 saturated carbocycles. The van der Waals surface area contributed by atoms with Gasteiger partial charge in [-0.1, -0.05) is 12.1 Å². The van der Waals surface area contributed by atoms with Crippen LogP contribution in [0.1, 0.15) is 34.9 Å². The second-order valence-corrected chi connectivity index (χ2v) is 7.04. The maximum Gasteiger partial charge on any atom is 0.245 e. The third kappa shape index (κ3) is 5.22. The number of nitrogens with zero attached hydrogens (tertiary/aromatic N) is 1. The molecule has 1 amide bonds. The summed E-state index contributed by atoms with van der Waals surface area (Å²) < 4.78 is 17.9. The first-order chi connectivity index (χ1) is 11.6. The first-order valence-corrected chi connectivity index (χ1v) is 8.68. The number of amides is 1. The molecule has 0 bridgehead atoms. The van der Waals surface area contributed by atoms with Gasteiger partial charge in [0, 0.05) is 24.3 Å². The molecule has 5 nitrogen and oxygen atoms in total. The molecule has 0 spiro atoms. The molecule has 1 aliphatic rings. The smallest absolute Gasteiger partial charge is 0.245 e. The van der Waals surface area contributed by atoms with Gasteiger partial charge in [-0.05, 0) is 30.5 Å². The van der Waals surface area contributed by atoms with E-state index in [0.717, 1.165) is 29.0 Å². The fourth-order valence-electron chi connectivity index (χ4n) is 2.46. The first kappa shape index (κ1) is 19.8. The lowest BCUT2D eigenvalue weighted by Crippen LogP contribution is -2.39. The fraction of sp³-hybridized carbons (Fsp3) is 0.412. The maximum absolute atomic E-state index is 13.0. The highest BCUT2D eigenvalue weighted by atomic mass is 35.5. The minimum Gasteiger partial charge on any atom is -0.383 e. The highest BCUT2D eigenvalue weighted by Crippen LogP contribution is 2.44. The average Bonchev–Trinajstić information content (AvgIpc) is 3.33. The zero-order chi connectivity index (χ0) is 17.1. The molecule has 1 aliphatic carbocycles. The van der Waals surface area contributed by atoms with Crippen LogP contribution in [0.2, 0.25) is 0 Å². The number of thiazole rings is 1. The van der Waals surface area contributed by atoms with Crippen LogP contribution in [-0.2, 0) is 16.0 Å². The van der Waals surface area contributed by atoms with Crippen molar-refractivity contribution in [1.29, 1.82) is 0 Å². The Morgan fingerprint density at radius 2 is 2.12 bits per heavy atom. The third-order valence-corrected chi connectivity index (χ3v) is 4.87. The number of carbonyl (C=O) groups is 1. The van der Waals surface area contributed by atoms with Crippen LogP contribution >= 0.6 is 23.7 Å². The molecule has 0 saturated heterocycles. The molecule has 1 aromatic carbocycles. The molecule has 3 N–H and O–H groups in total. The lowest BCUT2D eigenvalue weighted by Gasteiger charge is -2.08. The highest BCUT2D eigenvalue weighted by Gasteiger charge is 2.30. The SMILES string of the molecule is COCC(N)C(=O)Nc1nc(C2CC2)c(Cc2ccc(F)cc2)s1.Cl. The molecule has 1 unspecified atom stereocenters. The van der Waals surface area contributed by atoms with E-state index in [0.29, 0.717) is 17.5 Å². The van der Waals surface area contributed by atoms with E-state index in [1.165, 1.54) is 30.6 Å². The van der Waals surface area contributed by atoms with E-state index in [9.17, 15) is 9.18 Å². The Hall–Kier alpha value is -1.54. The summed E-state index contributed by atoms with van der Waals surface area (Å²) in [7, 11) is 1.50. The van der Waals surface area contributed by atoms with E-state index < -0.39 is 6.04 Å². The van der Waals surface area contributed by atoms with Gasteiger partial charge in [-0.25, -0.2) is 9.37 Å². The van der Waals surface area contributed by atoms with Crippen LogP contribution in [-0.4, -0.2) is 30.6 Å². The molecule has 136 valence electrons. The van der Waals surface area contributed by atoms with Gasteiger partial charge in [0.1, 0.15) is 11.9 Å². The van der Waals surface area contributed by atoms with E-state index >= 15 is 0 Å². The minimum absolute atomic E-state index is 0. The molecule has 0 aliphatic heterocycles. The van der Waals surface area contributed by atoms with Crippen molar-refractivity contribution in [3.05, 3.63) is 46.2 Å². The fourth-order valence-corrected chi connectivity index (χ4v) is 3.55. The van der Waals surface area contributed by atoms with Gasteiger partial charge in [0.15, 0.2) is 5.13 Å². The summed E-state index contributed by atoms with van der Waals surface area (Å²) in [6, 6.07) is 5.75. The van der Waals surface area contributed by atoms with Gasteiger partial charge >= 0.3 is 0 Å². The number of hydrogen-bond acceptors (Lipinski definition) is 5. The van der Waals surface area contributed by atoms with E-state index in [1.54, 1.807) is 12.1 Å². The molecular weight excluding hydrogens is 365 g/mol. The van der Waals surface area contributed by atoms with E-state index in [1.807, 2.05) is 0 Å². The zero-order valence-corrected chi connectivity index (χ0v) is 15.5. The van der Waals surface area contributed by atoms with E-state index in [-0.39, 0.29) is 30.7 Å². The predicted octanol–water partition coefficient (Wildman–Crippen LogP) is 3.08.